The van der Waals surface area contributed by atoms with Crippen molar-refractivity contribution in [1.82, 2.24) is 0 Å². The summed E-state index contributed by atoms with van der Waals surface area (Å²) >= 11 is 0. The Morgan fingerprint density at radius 2 is 1.67 bits per heavy atom. The average Bonchev–Trinajstić information content (AvgIpc) is 2.47. The van der Waals surface area contributed by atoms with Crippen LogP contribution in [-0.4, -0.2) is 15.0 Å². The van der Waals surface area contributed by atoms with Crippen LogP contribution >= 0.6 is 0 Å². The molecule has 2 aromatic rings. The first-order valence-corrected chi connectivity index (χ1v) is 8.15. The highest BCUT2D eigenvalue weighted by molar-refractivity contribution is 7.89. The Labute approximate surface area is 123 Å². The highest BCUT2D eigenvalue weighted by Gasteiger charge is 2.29. The maximum atomic E-state index is 12.0. The first-order chi connectivity index (χ1) is 10.1. The second-order valence-corrected chi connectivity index (χ2v) is 6.57. The molecule has 3 rings (SSSR count). The predicted molar refractivity (Wildman–Crippen MR) is 82.2 cm³/mol. The molecule has 0 fully saturated rings. The fraction of sp³-hybridized carbons (Fsp3) is 0.125. The van der Waals surface area contributed by atoms with E-state index in [1.54, 1.807) is 24.3 Å². The van der Waals surface area contributed by atoms with Gasteiger partial charge in [0.25, 0.3) is 0 Å². The van der Waals surface area contributed by atoms with Gasteiger partial charge in [0.05, 0.1) is 0 Å². The van der Waals surface area contributed by atoms with E-state index in [9.17, 15) is 8.42 Å². The van der Waals surface area contributed by atoms with Gasteiger partial charge in [-0.25, -0.2) is 13.6 Å². The zero-order chi connectivity index (χ0) is 14.9. The molecule has 108 valence electrons. The molecular formula is C16H15NO3S. The van der Waals surface area contributed by atoms with E-state index in [1.165, 1.54) is 0 Å². The van der Waals surface area contributed by atoms with Crippen LogP contribution in [0.2, 0.25) is 0 Å². The molecule has 21 heavy (non-hydrogen) atoms. The Bertz CT molecular complexity index is 782. The van der Waals surface area contributed by atoms with E-state index in [0.717, 1.165) is 11.3 Å². The van der Waals surface area contributed by atoms with Crippen molar-refractivity contribution in [3.05, 3.63) is 71.3 Å². The molecule has 1 atom stereocenters. The molecule has 4 nitrogen and oxygen atoms in total. The second kappa shape index (κ2) is 5.35. The summed E-state index contributed by atoms with van der Waals surface area (Å²) in [7, 11) is -3.77. The summed E-state index contributed by atoms with van der Waals surface area (Å²) in [6.45, 7) is 0.215. The molecule has 0 bridgehead atoms. The summed E-state index contributed by atoms with van der Waals surface area (Å²) in [5.74, 6) is 0.752. The van der Waals surface area contributed by atoms with Gasteiger partial charge < -0.3 is 4.74 Å². The highest BCUT2D eigenvalue weighted by Crippen LogP contribution is 2.35. The van der Waals surface area contributed by atoms with Gasteiger partial charge in [0.2, 0.25) is 10.0 Å². The van der Waals surface area contributed by atoms with Crippen LogP contribution in [0.1, 0.15) is 16.4 Å². The van der Waals surface area contributed by atoms with Gasteiger partial charge in [-0.3, -0.25) is 0 Å². The fourth-order valence-electron chi connectivity index (χ4n) is 2.53. The van der Waals surface area contributed by atoms with Gasteiger partial charge in [0.1, 0.15) is 17.6 Å². The first kappa shape index (κ1) is 13.9. The van der Waals surface area contributed by atoms with Crippen molar-refractivity contribution >= 4 is 16.1 Å². The molecule has 0 spiro atoms. The third-order valence-corrected chi connectivity index (χ3v) is 4.65. The van der Waals surface area contributed by atoms with Gasteiger partial charge >= 0.3 is 0 Å². The second-order valence-electron chi connectivity index (χ2n) is 4.93. The molecule has 0 aromatic heterocycles. The van der Waals surface area contributed by atoms with Crippen LogP contribution in [0.4, 0.5) is 0 Å². The summed E-state index contributed by atoms with van der Waals surface area (Å²) in [5, 5.41) is 4.56. The molecule has 1 unspecified atom stereocenters. The summed E-state index contributed by atoms with van der Waals surface area (Å²) < 4.78 is 29.7. The third-order valence-electron chi connectivity index (χ3n) is 3.42. The zero-order valence-electron chi connectivity index (χ0n) is 11.3. The summed E-state index contributed by atoms with van der Waals surface area (Å²) in [4.78, 5) is 0. The molecule has 0 saturated heterocycles. The van der Waals surface area contributed by atoms with Crippen molar-refractivity contribution in [2.24, 2.45) is 5.14 Å². The lowest BCUT2D eigenvalue weighted by molar-refractivity contribution is 0.343. The number of benzene rings is 2. The predicted octanol–water partition coefficient (Wildman–Crippen LogP) is 2.49. The van der Waals surface area contributed by atoms with E-state index < -0.39 is 15.3 Å². The molecule has 1 aliphatic rings. The van der Waals surface area contributed by atoms with Crippen molar-refractivity contribution in [3.63, 3.8) is 0 Å². The minimum absolute atomic E-state index is 0.215. The Morgan fingerprint density at radius 1 is 1.00 bits per heavy atom. The third kappa shape index (κ3) is 2.84. The normalized spacial score (nSPS) is 15.6. The minimum Gasteiger partial charge on any atom is -0.489 e. The van der Waals surface area contributed by atoms with Crippen LogP contribution in [0.15, 0.2) is 60.2 Å². The van der Waals surface area contributed by atoms with Crippen molar-refractivity contribution in [3.8, 4) is 5.75 Å². The Morgan fingerprint density at radius 3 is 2.38 bits per heavy atom. The molecule has 0 saturated carbocycles. The van der Waals surface area contributed by atoms with E-state index in [2.05, 4.69) is 0 Å². The maximum Gasteiger partial charge on any atom is 0.220 e. The van der Waals surface area contributed by atoms with Crippen molar-refractivity contribution in [2.45, 2.75) is 5.25 Å². The molecule has 0 amide bonds. The molecule has 1 heterocycles. The maximum absolute atomic E-state index is 12.0. The molecule has 2 N–H and O–H groups in total. The number of hydrogen-bond acceptors (Lipinski definition) is 3. The number of ether oxygens (including phenoxy) is 1. The quantitative estimate of drug-likeness (QED) is 0.947. The molecule has 0 radical (unpaired) electrons. The van der Waals surface area contributed by atoms with Crippen LogP contribution in [0.5, 0.6) is 5.75 Å². The molecular weight excluding hydrogens is 286 g/mol. The Kier molecular flexibility index (Phi) is 3.53. The van der Waals surface area contributed by atoms with Crippen LogP contribution in [0.3, 0.4) is 0 Å². The first-order valence-electron chi connectivity index (χ1n) is 6.54. The van der Waals surface area contributed by atoms with Crippen LogP contribution < -0.4 is 9.88 Å². The number of hydrogen-bond donors (Lipinski definition) is 1. The molecule has 0 aliphatic carbocycles. The Hall–Kier alpha value is -2.11. The van der Waals surface area contributed by atoms with Gasteiger partial charge in [-0.1, -0.05) is 48.5 Å². The number of nitrogens with two attached hydrogens (primary N) is 1. The van der Waals surface area contributed by atoms with Gasteiger partial charge in [0, 0.05) is 5.56 Å². The number of para-hydroxylation sites is 1. The number of fused-ring (bicyclic) bond motifs is 1. The lowest BCUT2D eigenvalue weighted by atomic mass is 10.0. The van der Waals surface area contributed by atoms with E-state index in [0.29, 0.717) is 11.1 Å². The standard InChI is InChI=1S/C16H15NO3S/c17-21(18,19)16(12-6-2-1-3-7-12)14-10-13-8-4-5-9-15(13)20-11-14/h1-10,16H,11H2,(H2,17,18,19). The fourth-order valence-corrected chi connectivity index (χ4v) is 3.62. The van der Waals surface area contributed by atoms with Gasteiger partial charge in [0.15, 0.2) is 0 Å². The number of rotatable bonds is 3. The van der Waals surface area contributed by atoms with Crippen LogP contribution in [-0.2, 0) is 10.0 Å². The lowest BCUT2D eigenvalue weighted by Gasteiger charge is -2.23. The minimum atomic E-state index is -3.77. The van der Waals surface area contributed by atoms with Gasteiger partial charge in [-0.05, 0) is 23.3 Å². The van der Waals surface area contributed by atoms with Gasteiger partial charge in [-0.15, -0.1) is 0 Å². The Balaban J connectivity index is 2.10. The topological polar surface area (TPSA) is 69.4 Å². The number of sulfonamides is 1. The van der Waals surface area contributed by atoms with Crippen molar-refractivity contribution < 1.29 is 13.2 Å². The van der Waals surface area contributed by atoms with Crippen LogP contribution in [0, 0.1) is 0 Å². The average molecular weight is 301 g/mol. The summed E-state index contributed by atoms with van der Waals surface area (Å²) in [6.07, 6.45) is 1.85. The lowest BCUT2D eigenvalue weighted by Crippen LogP contribution is -2.26. The largest absolute Gasteiger partial charge is 0.489 e. The molecule has 1 aliphatic heterocycles. The highest BCUT2D eigenvalue weighted by atomic mass is 32.2. The van der Waals surface area contributed by atoms with Crippen molar-refractivity contribution in [2.75, 3.05) is 6.61 Å². The smallest absolute Gasteiger partial charge is 0.220 e. The van der Waals surface area contributed by atoms with E-state index in [4.69, 9.17) is 9.88 Å². The number of primary sulfonamides is 1. The summed E-state index contributed by atoms with van der Waals surface area (Å²) in [5.41, 5.74) is 2.15. The molecule has 2 aromatic carbocycles. The van der Waals surface area contributed by atoms with E-state index in [1.807, 2.05) is 36.4 Å². The SMILES string of the molecule is NS(=O)(=O)C(C1=Cc2ccccc2OC1)c1ccccc1. The van der Waals surface area contributed by atoms with Crippen LogP contribution in [0.25, 0.3) is 6.08 Å². The van der Waals surface area contributed by atoms with Gasteiger partial charge in [-0.2, -0.15) is 0 Å². The van der Waals surface area contributed by atoms with E-state index in [-0.39, 0.29) is 6.61 Å². The molecule has 5 heteroatoms. The van der Waals surface area contributed by atoms with E-state index >= 15 is 0 Å². The monoisotopic (exact) mass is 301 g/mol. The van der Waals surface area contributed by atoms with Crippen molar-refractivity contribution in [1.29, 1.82) is 0 Å². The zero-order valence-corrected chi connectivity index (χ0v) is 12.1. The summed E-state index contributed by atoms with van der Waals surface area (Å²) in [6, 6.07) is 16.5.